The molecule has 120 valence electrons. The molecule has 21 heavy (non-hydrogen) atoms. The van der Waals surface area contributed by atoms with Gasteiger partial charge >= 0.3 is 7.18 Å². The Morgan fingerprint density at radius 1 is 0.905 bits per heavy atom. The minimum Gasteiger partial charge on any atom is -0.513 e. The second kappa shape index (κ2) is 11.3. The highest BCUT2D eigenvalue weighted by atomic mass is 79.9. The maximum Gasteiger partial charge on any atom is 0.475 e. The first-order valence-corrected chi connectivity index (χ1v) is 12.5. The van der Waals surface area contributed by atoms with Crippen molar-refractivity contribution in [3.63, 3.8) is 0 Å². The van der Waals surface area contributed by atoms with Crippen molar-refractivity contribution in [3.8, 4) is 5.75 Å². The summed E-state index contributed by atoms with van der Waals surface area (Å²) in [6.07, 6.45) is 8.80. The molecule has 1 aromatic carbocycles. The SMILES string of the molecule is CCCCCCCC[Si](Br)(OCCC)Oc1ccccc1. The summed E-state index contributed by atoms with van der Waals surface area (Å²) >= 11 is 3.80. The molecular weight excluding hydrogens is 344 g/mol. The number of hydrogen-bond acceptors (Lipinski definition) is 2. The monoisotopic (exact) mass is 372 g/mol. The van der Waals surface area contributed by atoms with Crippen molar-refractivity contribution in [1.29, 1.82) is 0 Å². The topological polar surface area (TPSA) is 18.5 Å². The molecule has 0 heterocycles. The van der Waals surface area contributed by atoms with Crippen molar-refractivity contribution < 1.29 is 8.85 Å². The normalized spacial score (nSPS) is 13.9. The Kier molecular flexibility index (Phi) is 10.1. The maximum absolute atomic E-state index is 6.17. The van der Waals surface area contributed by atoms with E-state index in [9.17, 15) is 0 Å². The quantitative estimate of drug-likeness (QED) is 0.247. The minimum absolute atomic E-state index is 0.764. The largest absolute Gasteiger partial charge is 0.513 e. The third-order valence-corrected chi connectivity index (χ3v) is 7.85. The predicted octanol–water partition coefficient (Wildman–Crippen LogP) is 6.19. The molecule has 0 fully saturated rings. The summed E-state index contributed by atoms with van der Waals surface area (Å²) in [5.74, 6) is 0.906. The third-order valence-electron chi connectivity index (χ3n) is 3.36. The van der Waals surface area contributed by atoms with Gasteiger partial charge in [-0.05, 0) is 40.3 Å². The summed E-state index contributed by atoms with van der Waals surface area (Å²) in [5.41, 5.74) is 0. The van der Waals surface area contributed by atoms with Gasteiger partial charge in [0.05, 0.1) is 0 Å². The van der Waals surface area contributed by atoms with Crippen LogP contribution in [0.2, 0.25) is 6.04 Å². The number of benzene rings is 1. The van der Waals surface area contributed by atoms with E-state index in [2.05, 4.69) is 29.1 Å². The molecule has 0 aliphatic heterocycles. The molecule has 2 nitrogen and oxygen atoms in total. The lowest BCUT2D eigenvalue weighted by atomic mass is 10.1. The molecule has 0 aliphatic rings. The third kappa shape index (κ3) is 8.64. The molecule has 0 aliphatic carbocycles. The highest BCUT2D eigenvalue weighted by Gasteiger charge is 2.36. The molecule has 4 heteroatoms. The summed E-state index contributed by atoms with van der Waals surface area (Å²) in [6.45, 7) is 5.15. The van der Waals surface area contributed by atoms with Gasteiger partial charge in [0.25, 0.3) is 0 Å². The van der Waals surface area contributed by atoms with E-state index in [0.29, 0.717) is 0 Å². The molecule has 1 atom stereocenters. The van der Waals surface area contributed by atoms with E-state index in [1.54, 1.807) is 0 Å². The van der Waals surface area contributed by atoms with Gasteiger partial charge in [-0.1, -0.05) is 64.2 Å². The Morgan fingerprint density at radius 2 is 1.57 bits per heavy atom. The van der Waals surface area contributed by atoms with Crippen molar-refractivity contribution >= 4 is 22.5 Å². The molecule has 1 aromatic rings. The van der Waals surface area contributed by atoms with E-state index in [1.165, 1.54) is 38.5 Å². The van der Waals surface area contributed by atoms with Crippen LogP contribution in [0.1, 0.15) is 58.8 Å². The molecule has 0 radical (unpaired) electrons. The highest BCUT2D eigenvalue weighted by molar-refractivity contribution is 9.25. The van der Waals surface area contributed by atoms with Gasteiger partial charge in [-0.25, -0.2) is 0 Å². The van der Waals surface area contributed by atoms with Crippen LogP contribution < -0.4 is 4.43 Å². The van der Waals surface area contributed by atoms with Crippen LogP contribution in [0.4, 0.5) is 0 Å². The molecule has 0 saturated heterocycles. The number of halogens is 1. The van der Waals surface area contributed by atoms with E-state index in [-0.39, 0.29) is 0 Å². The summed E-state index contributed by atoms with van der Waals surface area (Å²) in [4.78, 5) is 0. The van der Waals surface area contributed by atoms with Gasteiger partial charge in [0.1, 0.15) is 5.75 Å². The van der Waals surface area contributed by atoms with Crippen molar-refractivity contribution in [2.45, 2.75) is 64.8 Å². The minimum atomic E-state index is -2.27. The molecule has 0 amide bonds. The Morgan fingerprint density at radius 3 is 2.24 bits per heavy atom. The summed E-state index contributed by atoms with van der Waals surface area (Å²) in [5, 5.41) is 0. The molecule has 0 bridgehead atoms. The summed E-state index contributed by atoms with van der Waals surface area (Å²) < 4.78 is 12.2. The van der Waals surface area contributed by atoms with Crippen LogP contribution in [-0.4, -0.2) is 13.8 Å². The highest BCUT2D eigenvalue weighted by Crippen LogP contribution is 2.27. The zero-order valence-corrected chi connectivity index (χ0v) is 16.0. The van der Waals surface area contributed by atoms with Crippen molar-refractivity contribution in [2.75, 3.05) is 6.61 Å². The van der Waals surface area contributed by atoms with Gasteiger partial charge in [-0.15, -0.1) is 0 Å². The van der Waals surface area contributed by atoms with Crippen LogP contribution in [0.25, 0.3) is 0 Å². The molecule has 0 N–H and O–H groups in total. The number of rotatable bonds is 12. The first-order chi connectivity index (χ1) is 10.2. The van der Waals surface area contributed by atoms with Crippen molar-refractivity contribution in [2.24, 2.45) is 0 Å². The van der Waals surface area contributed by atoms with Gasteiger partial charge in [-0.2, -0.15) is 0 Å². The first-order valence-electron chi connectivity index (χ1n) is 8.27. The lowest BCUT2D eigenvalue weighted by Crippen LogP contribution is -2.39. The number of hydrogen-bond donors (Lipinski definition) is 0. The Hall–Kier alpha value is -0.323. The van der Waals surface area contributed by atoms with E-state index in [1.807, 2.05) is 30.3 Å². The molecule has 0 spiro atoms. The van der Waals surface area contributed by atoms with Crippen molar-refractivity contribution in [3.05, 3.63) is 30.3 Å². The molecule has 1 rings (SSSR count). The fraction of sp³-hybridized carbons (Fsp3) is 0.647. The van der Waals surface area contributed by atoms with E-state index >= 15 is 0 Å². The smallest absolute Gasteiger partial charge is 0.475 e. The van der Waals surface area contributed by atoms with E-state index in [0.717, 1.165) is 24.8 Å². The lowest BCUT2D eigenvalue weighted by Gasteiger charge is -2.25. The van der Waals surface area contributed by atoms with Crippen LogP contribution in [0.3, 0.4) is 0 Å². The summed E-state index contributed by atoms with van der Waals surface area (Å²) in [7, 11) is -2.27. The molecule has 1 unspecified atom stereocenters. The Labute approximate surface area is 139 Å². The fourth-order valence-corrected chi connectivity index (χ4v) is 6.05. The van der Waals surface area contributed by atoms with Crippen LogP contribution in [0.15, 0.2) is 30.3 Å². The van der Waals surface area contributed by atoms with Crippen LogP contribution in [0, 0.1) is 0 Å². The van der Waals surface area contributed by atoms with Gasteiger partial charge in [0, 0.05) is 12.7 Å². The van der Waals surface area contributed by atoms with Gasteiger partial charge in [0.15, 0.2) is 0 Å². The number of para-hydroxylation sites is 1. The average Bonchev–Trinajstić information content (AvgIpc) is 2.50. The van der Waals surface area contributed by atoms with E-state index in [4.69, 9.17) is 8.85 Å². The number of unbranched alkanes of at least 4 members (excludes halogenated alkanes) is 5. The van der Waals surface area contributed by atoms with Crippen LogP contribution in [0.5, 0.6) is 5.75 Å². The lowest BCUT2D eigenvalue weighted by molar-refractivity contribution is 0.257. The van der Waals surface area contributed by atoms with Gasteiger partial charge in [0.2, 0.25) is 0 Å². The van der Waals surface area contributed by atoms with Crippen LogP contribution >= 0.6 is 15.3 Å². The maximum atomic E-state index is 6.17. The Bertz CT molecular complexity index is 361. The second-order valence-corrected chi connectivity index (χ2v) is 11.4. The summed E-state index contributed by atoms with van der Waals surface area (Å²) in [6, 6.07) is 11.0. The van der Waals surface area contributed by atoms with Gasteiger partial charge in [-0.3, -0.25) is 0 Å². The molecular formula is C17H29BrO2Si. The van der Waals surface area contributed by atoms with Crippen LogP contribution in [-0.2, 0) is 4.43 Å². The van der Waals surface area contributed by atoms with E-state index < -0.39 is 7.18 Å². The Balaban J connectivity index is 2.41. The fourth-order valence-electron chi connectivity index (χ4n) is 2.19. The standard InChI is InChI=1S/C17H29BrO2Si/c1-3-5-6-7-8-12-16-21(18,19-15-4-2)20-17-13-10-9-11-14-17/h9-11,13-14H,3-8,12,15-16H2,1-2H3. The van der Waals surface area contributed by atoms with Gasteiger partial charge < -0.3 is 8.85 Å². The zero-order chi connectivity index (χ0) is 15.4. The first kappa shape index (κ1) is 18.7. The van der Waals surface area contributed by atoms with Crippen molar-refractivity contribution in [1.82, 2.24) is 0 Å². The second-order valence-electron chi connectivity index (χ2n) is 5.44. The predicted molar refractivity (Wildman–Crippen MR) is 96.2 cm³/mol. The zero-order valence-electron chi connectivity index (χ0n) is 13.4. The molecule has 0 saturated carbocycles. The average molecular weight is 373 g/mol. The molecule has 0 aromatic heterocycles.